The molecule has 178 valence electrons. The van der Waals surface area contributed by atoms with Gasteiger partial charge in [-0.3, -0.25) is 4.79 Å². The highest BCUT2D eigenvalue weighted by atomic mass is 16.5. The number of fused-ring (bicyclic) bond motifs is 1. The molecular formula is C29H34N2O3. The van der Waals surface area contributed by atoms with E-state index in [9.17, 15) is 4.79 Å². The molecule has 4 rings (SSSR count). The van der Waals surface area contributed by atoms with E-state index in [1.807, 2.05) is 32.0 Å². The zero-order valence-electron chi connectivity index (χ0n) is 20.1. The van der Waals surface area contributed by atoms with Crippen molar-refractivity contribution in [2.45, 2.75) is 58.2 Å². The van der Waals surface area contributed by atoms with Gasteiger partial charge in [-0.1, -0.05) is 61.4 Å². The van der Waals surface area contributed by atoms with Gasteiger partial charge in [-0.2, -0.15) is 0 Å². The molecule has 1 atom stereocenters. The highest BCUT2D eigenvalue weighted by Gasteiger charge is 2.31. The van der Waals surface area contributed by atoms with Crippen LogP contribution in [0.4, 0.5) is 17.1 Å². The predicted molar refractivity (Wildman–Crippen MR) is 138 cm³/mol. The SMILES string of the molecule is CC(C)OC(=O)CCCCCCOc1ccc2c(c1)N(c1ccccc1)C(c1ccccc1)N2. The first-order chi connectivity index (χ1) is 16.6. The number of ether oxygens (including phenoxy) is 2. The summed E-state index contributed by atoms with van der Waals surface area (Å²) in [5.41, 5.74) is 4.55. The topological polar surface area (TPSA) is 50.8 Å². The Labute approximate surface area is 202 Å². The number of anilines is 3. The Morgan fingerprint density at radius 1 is 0.912 bits per heavy atom. The fraction of sp³-hybridized carbons (Fsp3) is 0.345. The molecule has 0 saturated carbocycles. The van der Waals surface area contributed by atoms with E-state index < -0.39 is 0 Å². The van der Waals surface area contributed by atoms with E-state index in [1.165, 1.54) is 5.56 Å². The van der Waals surface area contributed by atoms with Crippen molar-refractivity contribution < 1.29 is 14.3 Å². The predicted octanol–water partition coefficient (Wildman–Crippen LogP) is 7.23. The first-order valence-corrected chi connectivity index (χ1v) is 12.2. The third-order valence-electron chi connectivity index (χ3n) is 5.84. The third-order valence-corrected chi connectivity index (χ3v) is 5.84. The summed E-state index contributed by atoms with van der Waals surface area (Å²) in [5.74, 6) is 0.769. The largest absolute Gasteiger partial charge is 0.494 e. The number of hydrogen-bond donors (Lipinski definition) is 1. The first kappa shape index (κ1) is 23.7. The van der Waals surface area contributed by atoms with Gasteiger partial charge in [0.1, 0.15) is 11.9 Å². The van der Waals surface area contributed by atoms with Crippen molar-refractivity contribution in [3.8, 4) is 5.75 Å². The van der Waals surface area contributed by atoms with Gasteiger partial charge in [-0.15, -0.1) is 0 Å². The number of para-hydroxylation sites is 1. The number of carbonyl (C=O) groups excluding carboxylic acids is 1. The molecule has 0 amide bonds. The maximum atomic E-state index is 11.6. The van der Waals surface area contributed by atoms with E-state index in [0.717, 1.165) is 48.5 Å². The third kappa shape index (κ3) is 6.10. The minimum absolute atomic E-state index is 0.0243. The van der Waals surface area contributed by atoms with Crippen molar-refractivity contribution >= 4 is 23.0 Å². The highest BCUT2D eigenvalue weighted by molar-refractivity contribution is 5.84. The van der Waals surface area contributed by atoms with Gasteiger partial charge in [-0.25, -0.2) is 0 Å². The Morgan fingerprint density at radius 2 is 1.62 bits per heavy atom. The Balaban J connectivity index is 1.35. The van der Waals surface area contributed by atoms with Crippen LogP contribution in [0.3, 0.4) is 0 Å². The van der Waals surface area contributed by atoms with Crippen LogP contribution in [-0.2, 0) is 9.53 Å². The van der Waals surface area contributed by atoms with Crippen molar-refractivity contribution in [1.29, 1.82) is 0 Å². The number of nitrogens with one attached hydrogen (secondary N) is 1. The molecule has 0 aliphatic carbocycles. The van der Waals surface area contributed by atoms with Gasteiger partial charge in [0.2, 0.25) is 0 Å². The summed E-state index contributed by atoms with van der Waals surface area (Å²) in [7, 11) is 0. The second-order valence-electron chi connectivity index (χ2n) is 8.89. The van der Waals surface area contributed by atoms with Crippen molar-refractivity contribution in [2.75, 3.05) is 16.8 Å². The van der Waals surface area contributed by atoms with E-state index in [1.54, 1.807) is 0 Å². The van der Waals surface area contributed by atoms with E-state index in [-0.39, 0.29) is 18.2 Å². The fourth-order valence-electron chi connectivity index (χ4n) is 4.25. The maximum Gasteiger partial charge on any atom is 0.306 e. The summed E-state index contributed by atoms with van der Waals surface area (Å²) in [6, 6.07) is 27.2. The summed E-state index contributed by atoms with van der Waals surface area (Å²) < 4.78 is 11.3. The van der Waals surface area contributed by atoms with Gasteiger partial charge in [0, 0.05) is 18.2 Å². The molecule has 1 heterocycles. The molecule has 0 saturated heterocycles. The Hall–Kier alpha value is -3.47. The van der Waals surface area contributed by atoms with E-state index >= 15 is 0 Å². The van der Waals surface area contributed by atoms with E-state index in [0.29, 0.717) is 13.0 Å². The number of nitrogens with zero attached hydrogens (tertiary/aromatic N) is 1. The van der Waals surface area contributed by atoms with Crippen molar-refractivity contribution in [2.24, 2.45) is 0 Å². The van der Waals surface area contributed by atoms with Gasteiger partial charge in [-0.05, 0) is 56.5 Å². The molecule has 0 spiro atoms. The molecule has 0 aromatic heterocycles. The quantitative estimate of drug-likeness (QED) is 0.243. The molecule has 5 heteroatoms. The lowest BCUT2D eigenvalue weighted by Gasteiger charge is -2.27. The summed E-state index contributed by atoms with van der Waals surface area (Å²) in [6.45, 7) is 4.42. The maximum absolute atomic E-state index is 11.6. The van der Waals surface area contributed by atoms with Crippen LogP contribution in [0.25, 0.3) is 0 Å². The fourth-order valence-corrected chi connectivity index (χ4v) is 4.25. The second-order valence-corrected chi connectivity index (χ2v) is 8.89. The lowest BCUT2D eigenvalue weighted by Crippen LogP contribution is -2.23. The molecule has 1 N–H and O–H groups in total. The average Bonchev–Trinajstić information content (AvgIpc) is 3.23. The van der Waals surface area contributed by atoms with Crippen LogP contribution in [0.2, 0.25) is 0 Å². The number of rotatable bonds is 11. The summed E-state index contributed by atoms with van der Waals surface area (Å²) in [4.78, 5) is 13.9. The molecule has 3 aromatic rings. The van der Waals surface area contributed by atoms with E-state index in [2.05, 4.69) is 70.9 Å². The van der Waals surface area contributed by atoms with Crippen LogP contribution < -0.4 is 15.0 Å². The molecule has 0 bridgehead atoms. The number of unbranched alkanes of at least 4 members (excludes halogenated alkanes) is 3. The van der Waals surface area contributed by atoms with Gasteiger partial charge in [0.15, 0.2) is 0 Å². The molecular weight excluding hydrogens is 424 g/mol. The number of benzene rings is 3. The van der Waals surface area contributed by atoms with Crippen LogP contribution in [0, 0.1) is 0 Å². The average molecular weight is 459 g/mol. The van der Waals surface area contributed by atoms with Crippen LogP contribution >= 0.6 is 0 Å². The zero-order chi connectivity index (χ0) is 23.8. The van der Waals surface area contributed by atoms with E-state index in [4.69, 9.17) is 9.47 Å². The monoisotopic (exact) mass is 458 g/mol. The lowest BCUT2D eigenvalue weighted by molar-refractivity contribution is -0.147. The summed E-state index contributed by atoms with van der Waals surface area (Å²) in [6.07, 6.45) is 4.35. The van der Waals surface area contributed by atoms with Crippen molar-refractivity contribution in [3.05, 3.63) is 84.4 Å². The smallest absolute Gasteiger partial charge is 0.306 e. The normalized spacial score (nSPS) is 14.6. The van der Waals surface area contributed by atoms with Gasteiger partial charge in [0.25, 0.3) is 0 Å². The zero-order valence-corrected chi connectivity index (χ0v) is 20.1. The van der Waals surface area contributed by atoms with Crippen LogP contribution in [0.1, 0.15) is 57.7 Å². The molecule has 1 unspecified atom stereocenters. The molecule has 1 aliphatic heterocycles. The molecule has 3 aromatic carbocycles. The minimum Gasteiger partial charge on any atom is -0.494 e. The highest BCUT2D eigenvalue weighted by Crippen LogP contribution is 2.47. The molecule has 34 heavy (non-hydrogen) atoms. The van der Waals surface area contributed by atoms with Crippen LogP contribution in [-0.4, -0.2) is 18.7 Å². The van der Waals surface area contributed by atoms with Crippen molar-refractivity contribution in [1.82, 2.24) is 0 Å². The van der Waals surface area contributed by atoms with Gasteiger partial charge >= 0.3 is 5.97 Å². The summed E-state index contributed by atoms with van der Waals surface area (Å²) in [5, 5.41) is 3.67. The van der Waals surface area contributed by atoms with Crippen molar-refractivity contribution in [3.63, 3.8) is 0 Å². The summed E-state index contributed by atoms with van der Waals surface area (Å²) >= 11 is 0. The first-order valence-electron chi connectivity index (χ1n) is 12.2. The Kier molecular flexibility index (Phi) is 8.08. The number of carbonyl (C=O) groups is 1. The molecule has 0 fully saturated rings. The van der Waals surface area contributed by atoms with Crippen LogP contribution in [0.15, 0.2) is 78.9 Å². The standard InChI is InChI=1S/C29H34N2O3/c1-22(2)34-28(32)17-11-3-4-12-20-33-25-18-19-26-27(21-25)31(24-15-9-6-10-16-24)29(30-26)23-13-7-5-8-14-23/h5-10,13-16,18-19,21-22,29-30H,3-4,11-12,17,20H2,1-2H3. The van der Waals surface area contributed by atoms with Crippen LogP contribution in [0.5, 0.6) is 5.75 Å². The van der Waals surface area contributed by atoms with Gasteiger partial charge < -0.3 is 19.7 Å². The Bertz CT molecular complexity index is 1050. The molecule has 0 radical (unpaired) electrons. The second kappa shape index (κ2) is 11.6. The van der Waals surface area contributed by atoms with Gasteiger partial charge in [0.05, 0.1) is 24.1 Å². The minimum atomic E-state index is -0.102. The lowest BCUT2D eigenvalue weighted by atomic mass is 10.1. The number of hydrogen-bond acceptors (Lipinski definition) is 5. The number of esters is 1. The molecule has 5 nitrogen and oxygen atoms in total. The Morgan fingerprint density at radius 3 is 2.35 bits per heavy atom. The molecule has 1 aliphatic rings.